The van der Waals surface area contributed by atoms with E-state index in [0.717, 1.165) is 51.0 Å². The number of hydrogen-bond acceptors (Lipinski definition) is 4. The molecule has 2 rings (SSSR count). The first-order valence-electron chi connectivity index (χ1n) is 8.84. The summed E-state index contributed by atoms with van der Waals surface area (Å²) in [6.45, 7) is 10.4. The maximum absolute atomic E-state index is 12.8. The Hall–Kier alpha value is -1.93. The van der Waals surface area contributed by atoms with Crippen LogP contribution in [0.4, 0.5) is 15.6 Å². The number of hydrogen-bond donors (Lipinski definition) is 3. The number of unbranched alkanes of at least 4 members (excludes halogenated alkanes) is 1. The van der Waals surface area contributed by atoms with Crippen molar-refractivity contribution in [3.8, 4) is 0 Å². The third-order valence-electron chi connectivity index (χ3n) is 4.25. The number of rotatable bonds is 6. The Bertz CT molecular complexity index is 864. The molecule has 2 aromatic rings. The van der Waals surface area contributed by atoms with E-state index in [9.17, 15) is 9.59 Å². The van der Waals surface area contributed by atoms with Crippen LogP contribution >= 0.6 is 27.3 Å². The molecule has 27 heavy (non-hydrogen) atoms. The van der Waals surface area contributed by atoms with Gasteiger partial charge in [0.2, 0.25) is 0 Å². The number of carbonyl (C=O) groups excluding carboxylic acids is 2. The van der Waals surface area contributed by atoms with Crippen molar-refractivity contribution in [1.29, 1.82) is 0 Å². The van der Waals surface area contributed by atoms with E-state index in [0.29, 0.717) is 22.2 Å². The van der Waals surface area contributed by atoms with Crippen molar-refractivity contribution in [1.82, 2.24) is 10.3 Å². The Kier molecular flexibility index (Phi) is 7.38. The van der Waals surface area contributed by atoms with Crippen LogP contribution in [0.2, 0.25) is 0 Å². The van der Waals surface area contributed by atoms with Gasteiger partial charge in [-0.15, -0.1) is 0 Å². The van der Waals surface area contributed by atoms with Gasteiger partial charge in [0.05, 0.1) is 11.4 Å². The lowest BCUT2D eigenvalue weighted by Crippen LogP contribution is -2.29. The molecule has 0 spiro atoms. The normalized spacial score (nSPS) is 10.6. The molecule has 6 nitrogen and oxygen atoms in total. The summed E-state index contributed by atoms with van der Waals surface area (Å²) in [7, 11) is 0. The molecule has 0 atom stereocenters. The lowest BCUT2D eigenvalue weighted by molar-refractivity contribution is 0.102. The summed E-state index contributed by atoms with van der Waals surface area (Å²) in [6, 6.07) is 1.74. The van der Waals surface area contributed by atoms with Crippen LogP contribution in [0.5, 0.6) is 0 Å². The minimum absolute atomic E-state index is 0.239. The first-order valence-corrected chi connectivity index (χ1v) is 10.5. The highest BCUT2D eigenvalue weighted by Gasteiger charge is 2.19. The molecule has 0 unspecified atom stereocenters. The number of amides is 3. The van der Waals surface area contributed by atoms with E-state index in [2.05, 4.69) is 43.8 Å². The first-order chi connectivity index (χ1) is 12.7. The summed E-state index contributed by atoms with van der Waals surface area (Å²) in [5.41, 5.74) is 4.56. The fraction of sp³-hybridized carbons (Fsp3) is 0.421. The molecule has 3 N–H and O–H groups in total. The van der Waals surface area contributed by atoms with Crippen LogP contribution in [0.25, 0.3) is 0 Å². The van der Waals surface area contributed by atoms with E-state index in [4.69, 9.17) is 0 Å². The molecule has 0 aliphatic rings. The summed E-state index contributed by atoms with van der Waals surface area (Å²) < 4.78 is 0.879. The minimum Gasteiger partial charge on any atom is -0.338 e. The second-order valence-electron chi connectivity index (χ2n) is 6.45. The lowest BCUT2D eigenvalue weighted by atomic mass is 10.0. The van der Waals surface area contributed by atoms with E-state index in [-0.39, 0.29) is 11.9 Å². The maximum Gasteiger partial charge on any atom is 0.321 e. The van der Waals surface area contributed by atoms with Gasteiger partial charge in [0.1, 0.15) is 4.88 Å². The van der Waals surface area contributed by atoms with Crippen molar-refractivity contribution in [2.24, 2.45) is 0 Å². The Balaban J connectivity index is 2.13. The molecule has 0 bridgehead atoms. The number of anilines is 2. The predicted molar refractivity (Wildman–Crippen MR) is 115 cm³/mol. The van der Waals surface area contributed by atoms with Crippen molar-refractivity contribution >= 4 is 50.0 Å². The molecule has 0 aliphatic heterocycles. The van der Waals surface area contributed by atoms with E-state index in [1.807, 2.05) is 26.8 Å². The molecule has 8 heteroatoms. The van der Waals surface area contributed by atoms with Crippen LogP contribution in [0, 0.1) is 27.7 Å². The summed E-state index contributed by atoms with van der Waals surface area (Å²) in [5.74, 6) is -0.239. The quantitative estimate of drug-likeness (QED) is 0.518. The van der Waals surface area contributed by atoms with E-state index >= 15 is 0 Å². The van der Waals surface area contributed by atoms with E-state index in [1.54, 1.807) is 6.92 Å². The molecule has 1 heterocycles. The number of aryl methyl sites for hydroxylation is 3. The van der Waals surface area contributed by atoms with Gasteiger partial charge in [-0.05, 0) is 66.7 Å². The fourth-order valence-corrected chi connectivity index (χ4v) is 4.12. The van der Waals surface area contributed by atoms with Crippen molar-refractivity contribution in [3.05, 3.63) is 37.8 Å². The largest absolute Gasteiger partial charge is 0.338 e. The van der Waals surface area contributed by atoms with Crippen LogP contribution in [-0.2, 0) is 0 Å². The SMILES string of the molecule is CCCCNC(=O)Nc1nc(C)c(C(=O)Nc2c(C)cc(C)c(C)c2Br)s1. The Morgan fingerprint density at radius 1 is 1.15 bits per heavy atom. The molecule has 0 radical (unpaired) electrons. The van der Waals surface area contributed by atoms with Gasteiger partial charge in [0.25, 0.3) is 5.91 Å². The number of nitrogens with one attached hydrogen (secondary N) is 3. The van der Waals surface area contributed by atoms with Crippen molar-refractivity contribution < 1.29 is 9.59 Å². The first kappa shape index (κ1) is 21.4. The number of carbonyl (C=O) groups is 2. The monoisotopic (exact) mass is 452 g/mol. The summed E-state index contributed by atoms with van der Waals surface area (Å²) in [4.78, 5) is 29.4. The van der Waals surface area contributed by atoms with Crippen LogP contribution in [0.15, 0.2) is 10.5 Å². The highest BCUT2D eigenvalue weighted by atomic mass is 79.9. The number of thiazole rings is 1. The Morgan fingerprint density at radius 2 is 1.85 bits per heavy atom. The van der Waals surface area contributed by atoms with Gasteiger partial charge in [-0.2, -0.15) is 0 Å². The second kappa shape index (κ2) is 9.32. The molecular formula is C19H25BrN4O2S. The predicted octanol–water partition coefficient (Wildman–Crippen LogP) is 5.31. The molecule has 1 aromatic heterocycles. The number of nitrogens with zero attached hydrogens (tertiary/aromatic N) is 1. The third-order valence-corrected chi connectivity index (χ3v) is 6.31. The maximum atomic E-state index is 12.8. The highest BCUT2D eigenvalue weighted by molar-refractivity contribution is 9.10. The van der Waals surface area contributed by atoms with Gasteiger partial charge in [0, 0.05) is 11.0 Å². The minimum atomic E-state index is -0.308. The van der Waals surface area contributed by atoms with Crippen LogP contribution in [0.3, 0.4) is 0 Å². The van der Waals surface area contributed by atoms with Gasteiger partial charge in [-0.3, -0.25) is 10.1 Å². The molecule has 146 valence electrons. The van der Waals surface area contributed by atoms with Crippen molar-refractivity contribution in [3.63, 3.8) is 0 Å². The molecule has 3 amide bonds. The molecule has 0 aliphatic carbocycles. The van der Waals surface area contributed by atoms with Gasteiger partial charge in [-0.25, -0.2) is 9.78 Å². The average Bonchev–Trinajstić information content (AvgIpc) is 2.97. The van der Waals surface area contributed by atoms with E-state index in [1.165, 1.54) is 0 Å². The van der Waals surface area contributed by atoms with Gasteiger partial charge < -0.3 is 10.6 Å². The molecule has 1 aromatic carbocycles. The highest BCUT2D eigenvalue weighted by Crippen LogP contribution is 2.33. The third kappa shape index (κ3) is 5.29. The van der Waals surface area contributed by atoms with Crippen LogP contribution in [-0.4, -0.2) is 23.5 Å². The number of urea groups is 1. The average molecular weight is 453 g/mol. The molecule has 0 fully saturated rings. The summed E-state index contributed by atoms with van der Waals surface area (Å²) >= 11 is 4.74. The fourth-order valence-electron chi connectivity index (χ4n) is 2.54. The zero-order valence-corrected chi connectivity index (χ0v) is 18.7. The smallest absolute Gasteiger partial charge is 0.321 e. The Labute approximate surface area is 172 Å². The number of aromatic nitrogens is 1. The molecule has 0 saturated carbocycles. The molecular weight excluding hydrogens is 428 g/mol. The zero-order chi connectivity index (χ0) is 20.1. The molecule has 0 saturated heterocycles. The lowest BCUT2D eigenvalue weighted by Gasteiger charge is -2.14. The van der Waals surface area contributed by atoms with Crippen LogP contribution in [0.1, 0.15) is 51.8 Å². The Morgan fingerprint density at radius 3 is 2.52 bits per heavy atom. The number of halogens is 1. The van der Waals surface area contributed by atoms with Crippen LogP contribution < -0.4 is 16.0 Å². The van der Waals surface area contributed by atoms with Crippen molar-refractivity contribution in [2.45, 2.75) is 47.5 Å². The van der Waals surface area contributed by atoms with Gasteiger partial charge in [0.15, 0.2) is 5.13 Å². The standard InChI is InChI=1S/C19H25BrN4O2S/c1-6-7-8-21-18(26)24-19-22-13(5)16(27-19)17(25)23-15-11(3)9-10(2)12(4)14(15)20/h9H,6-8H2,1-5H3,(H,23,25)(H2,21,22,24,26). The summed E-state index contributed by atoms with van der Waals surface area (Å²) in [5, 5.41) is 8.83. The van der Waals surface area contributed by atoms with E-state index < -0.39 is 0 Å². The zero-order valence-electron chi connectivity index (χ0n) is 16.2. The summed E-state index contributed by atoms with van der Waals surface area (Å²) in [6.07, 6.45) is 1.93. The van der Waals surface area contributed by atoms with Gasteiger partial charge in [-0.1, -0.05) is 30.7 Å². The topological polar surface area (TPSA) is 83.1 Å². The van der Waals surface area contributed by atoms with Gasteiger partial charge >= 0.3 is 6.03 Å². The number of benzene rings is 1. The van der Waals surface area contributed by atoms with Crippen molar-refractivity contribution in [2.75, 3.05) is 17.2 Å². The second-order valence-corrected chi connectivity index (χ2v) is 8.24.